The quantitative estimate of drug-likeness (QED) is 0.0391. The Morgan fingerprint density at radius 3 is 1.03 bits per heavy atom. The zero-order chi connectivity index (χ0) is 46.7. The molecule has 1 aromatic heterocycles. The molecule has 0 aliphatic carbocycles. The lowest BCUT2D eigenvalue weighted by Crippen LogP contribution is -2.81. The first-order valence-corrected chi connectivity index (χ1v) is 17.6. The maximum absolute atomic E-state index is 15.4. The van der Waals surface area contributed by atoms with E-state index in [2.05, 4.69) is 0 Å². The minimum Gasteiger partial charge on any atom is -0.287 e. The van der Waals surface area contributed by atoms with Gasteiger partial charge in [0.2, 0.25) is 17.8 Å². The van der Waals surface area contributed by atoms with Gasteiger partial charge in [-0.15, -0.1) is 21.9 Å². The first-order valence-electron chi connectivity index (χ1n) is 16.7. The van der Waals surface area contributed by atoms with Crippen molar-refractivity contribution in [1.29, 1.82) is 0 Å². The summed E-state index contributed by atoms with van der Waals surface area (Å²) in [4.78, 5) is 12.3. The summed E-state index contributed by atoms with van der Waals surface area (Å²) < 4.78 is 296. The van der Waals surface area contributed by atoms with Crippen LogP contribution in [0.1, 0.15) is 10.4 Å². The average molecular weight is 933 g/mol. The lowest BCUT2D eigenvalue weighted by molar-refractivity contribution is -0.678. The van der Waals surface area contributed by atoms with E-state index in [4.69, 9.17) is 0 Å². The molecule has 24 heteroatoms. The molecule has 63 heavy (non-hydrogen) atoms. The van der Waals surface area contributed by atoms with E-state index in [9.17, 15) is 57.5 Å². The molecule has 0 saturated heterocycles. The fraction of sp³-hybridized carbons (Fsp3) is 0.0256. The molecule has 7 rings (SSSR count). The summed E-state index contributed by atoms with van der Waals surface area (Å²) in [6.07, 6.45) is -5.29. The fourth-order valence-corrected chi connectivity index (χ4v) is 7.54. The van der Waals surface area contributed by atoms with Crippen LogP contribution in [0.25, 0.3) is 10.8 Å². The summed E-state index contributed by atoms with van der Waals surface area (Å²) in [6, 6.07) is 13.9. The highest BCUT2D eigenvalue weighted by atomic mass is 32.1. The molecule has 0 atom stereocenters. The van der Waals surface area contributed by atoms with Gasteiger partial charge < -0.3 is 0 Å². The van der Waals surface area contributed by atoms with Crippen molar-refractivity contribution in [3.8, 4) is 0 Å². The predicted molar refractivity (Wildman–Crippen MR) is 182 cm³/mol. The molecule has 0 bridgehead atoms. The standard InChI is InChI=1S/C24BF20.C15H12NOS/c26-5-1(6(27)14(35)21(42)13(5)34)25(2-7(28)15(36)22(43)16(37)8(2)29,3-9(30)17(38)23(44)18(39)10(3)31)4-11(32)19(40)24(45)20(41)12(4)33;17-15(10-16-8-9-18-11-16)14-7-3-5-12-4-1-2-6-13(12)14/h;1-9,11H,10H2/q-1;+1. The Morgan fingerprint density at radius 2 is 0.714 bits per heavy atom. The van der Waals surface area contributed by atoms with Crippen LogP contribution in [0.4, 0.5) is 87.8 Å². The third-order valence-corrected chi connectivity index (χ3v) is 10.3. The molecule has 0 amide bonds. The van der Waals surface area contributed by atoms with Gasteiger partial charge in [0, 0.05) is 5.56 Å². The highest BCUT2D eigenvalue weighted by Crippen LogP contribution is 2.31. The van der Waals surface area contributed by atoms with Crippen LogP contribution in [0.15, 0.2) is 59.6 Å². The van der Waals surface area contributed by atoms with Gasteiger partial charge in [-0.3, -0.25) is 4.79 Å². The topological polar surface area (TPSA) is 20.9 Å². The van der Waals surface area contributed by atoms with Crippen LogP contribution in [0, 0.1) is 116 Å². The van der Waals surface area contributed by atoms with Crippen LogP contribution >= 0.6 is 11.3 Å². The lowest BCUT2D eigenvalue weighted by Gasteiger charge is -2.44. The molecule has 7 aromatic rings. The van der Waals surface area contributed by atoms with Crippen LogP contribution in [0.5, 0.6) is 0 Å². The van der Waals surface area contributed by atoms with Gasteiger partial charge in [-0.1, -0.05) is 53.8 Å². The van der Waals surface area contributed by atoms with Gasteiger partial charge in [0.15, 0.2) is 76.0 Å². The first-order chi connectivity index (χ1) is 29.5. The third-order valence-electron chi connectivity index (χ3n) is 9.65. The van der Waals surface area contributed by atoms with E-state index in [1.54, 1.807) is 11.3 Å². The van der Waals surface area contributed by atoms with Crippen molar-refractivity contribution in [3.05, 3.63) is 181 Å². The van der Waals surface area contributed by atoms with Gasteiger partial charge in [-0.2, -0.15) is 4.57 Å². The predicted octanol–water partition coefficient (Wildman–Crippen LogP) is 8.92. The van der Waals surface area contributed by atoms with Crippen molar-refractivity contribution >= 4 is 55.9 Å². The Balaban J connectivity index is 0.000000302. The summed E-state index contributed by atoms with van der Waals surface area (Å²) >= 11 is 1.59. The number of carbonyl (C=O) groups excluding carboxylic acids is 1. The number of halogens is 20. The Hall–Kier alpha value is -6.46. The van der Waals surface area contributed by atoms with E-state index in [-0.39, 0.29) is 5.78 Å². The zero-order valence-corrected chi connectivity index (χ0v) is 30.7. The maximum Gasteiger partial charge on any atom is 0.228 e. The zero-order valence-electron chi connectivity index (χ0n) is 29.9. The van der Waals surface area contributed by atoms with Crippen LogP contribution in [-0.4, -0.2) is 11.9 Å². The number of hydrogen-bond donors (Lipinski definition) is 0. The summed E-state index contributed by atoms with van der Waals surface area (Å²) in [5.41, 5.74) is -11.6. The van der Waals surface area contributed by atoms with Crippen molar-refractivity contribution in [1.82, 2.24) is 0 Å². The Labute approximate surface area is 340 Å². The third kappa shape index (κ3) is 7.12. The van der Waals surface area contributed by atoms with E-state index in [1.807, 2.05) is 64.1 Å². The minimum atomic E-state index is -7.22. The monoisotopic (exact) mass is 933 g/mol. The first kappa shape index (κ1) is 46.1. The molecule has 0 aliphatic rings. The number of aromatic nitrogens is 1. The van der Waals surface area contributed by atoms with E-state index in [0.717, 1.165) is 16.3 Å². The largest absolute Gasteiger partial charge is 0.287 e. The molecule has 0 fully saturated rings. The molecule has 0 aliphatic heterocycles. The van der Waals surface area contributed by atoms with Crippen LogP contribution in [0.3, 0.4) is 0 Å². The number of benzene rings is 6. The smallest absolute Gasteiger partial charge is 0.228 e. The fourth-order valence-electron chi connectivity index (χ4n) is 6.95. The van der Waals surface area contributed by atoms with Gasteiger partial charge >= 0.3 is 0 Å². The average Bonchev–Trinajstić information content (AvgIpc) is 3.79. The van der Waals surface area contributed by atoms with Gasteiger partial charge in [0.05, 0.1) is 5.38 Å². The van der Waals surface area contributed by atoms with Crippen molar-refractivity contribution < 1.29 is 97.2 Å². The molecule has 0 N–H and O–H groups in total. The molecule has 0 unspecified atom stereocenters. The molecule has 0 saturated carbocycles. The van der Waals surface area contributed by atoms with Gasteiger partial charge in [-0.05, 0) is 10.8 Å². The number of Topliss-reactive ketones (excluding diaryl/α,β-unsaturated/α-hetero) is 1. The maximum atomic E-state index is 15.4. The van der Waals surface area contributed by atoms with Crippen LogP contribution in [0.2, 0.25) is 0 Å². The lowest BCUT2D eigenvalue weighted by atomic mass is 9.12. The number of fused-ring (bicyclic) bond motifs is 1. The van der Waals surface area contributed by atoms with Gasteiger partial charge in [0.25, 0.3) is 0 Å². The molecule has 328 valence electrons. The van der Waals surface area contributed by atoms with Crippen LogP contribution in [-0.2, 0) is 6.54 Å². The SMILES string of the molecule is Fc1c(F)c(F)c([B-](c2c(F)c(F)c(F)c(F)c2F)(c2c(F)c(F)c(F)c(F)c2F)c2c(F)c(F)c(F)c(F)c2F)c(F)c1F.O=C(C[n+]1ccsc1)c1cccc2ccccc12. The van der Waals surface area contributed by atoms with E-state index >= 15 is 35.1 Å². The molecule has 1 heterocycles. The number of thiazole rings is 1. The molecule has 6 aromatic carbocycles. The molecule has 0 spiro atoms. The molecular formula is C39H12BF20NOS. The van der Waals surface area contributed by atoms with Gasteiger partial charge in [-0.25, -0.2) is 87.8 Å². The normalized spacial score (nSPS) is 11.6. The van der Waals surface area contributed by atoms with Crippen molar-refractivity contribution in [2.24, 2.45) is 0 Å². The number of hydrogen-bond acceptors (Lipinski definition) is 2. The number of carbonyl (C=O) groups is 1. The summed E-state index contributed by atoms with van der Waals surface area (Å²) in [5.74, 6) is -71.3. The van der Waals surface area contributed by atoms with E-state index < -0.39 is 144 Å². The van der Waals surface area contributed by atoms with Crippen LogP contribution < -0.4 is 26.4 Å². The van der Waals surface area contributed by atoms with E-state index in [1.165, 1.54) is 0 Å². The second kappa shape index (κ2) is 17.0. The highest BCUT2D eigenvalue weighted by Gasteiger charge is 2.52. The number of ketones is 1. The highest BCUT2D eigenvalue weighted by molar-refractivity contribution is 7.20. The number of rotatable bonds is 7. The second-order valence-corrected chi connectivity index (χ2v) is 13.7. The minimum absolute atomic E-state index is 0.148. The summed E-state index contributed by atoms with van der Waals surface area (Å²) in [5, 5.41) is 4.11. The van der Waals surface area contributed by atoms with Crippen molar-refractivity contribution in [2.75, 3.05) is 0 Å². The second-order valence-electron chi connectivity index (χ2n) is 12.9. The Kier molecular flexibility index (Phi) is 12.4. The Bertz CT molecular complexity index is 2630. The summed E-state index contributed by atoms with van der Waals surface area (Å²) in [6.45, 7) is 0.400. The molecule has 2 nitrogen and oxygen atoms in total. The number of nitrogens with zero attached hydrogens (tertiary/aromatic N) is 1. The summed E-state index contributed by atoms with van der Waals surface area (Å²) in [7, 11) is 0. The molecule has 0 radical (unpaired) electrons. The van der Waals surface area contributed by atoms with Gasteiger partial charge in [0.1, 0.15) is 52.7 Å². The van der Waals surface area contributed by atoms with Crippen molar-refractivity contribution in [3.63, 3.8) is 0 Å². The Morgan fingerprint density at radius 1 is 0.413 bits per heavy atom. The van der Waals surface area contributed by atoms with Crippen molar-refractivity contribution in [2.45, 2.75) is 6.54 Å². The molecular weight excluding hydrogens is 921 g/mol. The van der Waals surface area contributed by atoms with E-state index in [0.29, 0.717) is 6.54 Å².